The fraction of sp³-hybridized carbons (Fsp3) is 0.389. The Morgan fingerprint density at radius 1 is 1.25 bits per heavy atom. The molecule has 0 aliphatic carbocycles. The van der Waals surface area contributed by atoms with Gasteiger partial charge in [0.1, 0.15) is 12.3 Å². The van der Waals surface area contributed by atoms with Gasteiger partial charge in [-0.15, -0.1) is 0 Å². The fourth-order valence-corrected chi connectivity index (χ4v) is 2.27. The lowest BCUT2D eigenvalue weighted by molar-refractivity contribution is -0.117. The predicted molar refractivity (Wildman–Crippen MR) is 91.8 cm³/mol. The largest absolute Gasteiger partial charge is 0.360 e. The average Bonchev–Trinajstić information content (AvgIpc) is 2.96. The summed E-state index contributed by atoms with van der Waals surface area (Å²) in [5, 5.41) is 6.38. The van der Waals surface area contributed by atoms with Crippen LogP contribution in [0.5, 0.6) is 0 Å². The standard InChI is InChI=1S/C18H23N3O3/c1-5-13(3)21(18(23)15-8-6-12(2)7-9-15)11-17(22)19-16-10-14(4)24-20-16/h6-10,13H,5,11H2,1-4H3,(H,19,20,22)/t13-/m0/s1. The molecule has 2 rings (SSSR count). The topological polar surface area (TPSA) is 75.4 Å². The summed E-state index contributed by atoms with van der Waals surface area (Å²) in [5.74, 6) is 0.504. The van der Waals surface area contributed by atoms with Crippen molar-refractivity contribution in [2.45, 2.75) is 40.2 Å². The summed E-state index contributed by atoms with van der Waals surface area (Å²) in [6.07, 6.45) is 0.758. The van der Waals surface area contributed by atoms with E-state index in [1.807, 2.05) is 32.9 Å². The zero-order valence-electron chi connectivity index (χ0n) is 14.5. The maximum Gasteiger partial charge on any atom is 0.254 e. The molecule has 1 aromatic carbocycles. The lowest BCUT2D eigenvalue weighted by Gasteiger charge is -2.28. The molecule has 2 amide bonds. The van der Waals surface area contributed by atoms with Crippen LogP contribution in [0.25, 0.3) is 0 Å². The third-order valence-corrected chi connectivity index (χ3v) is 3.89. The second-order valence-electron chi connectivity index (χ2n) is 5.93. The first kappa shape index (κ1) is 17.7. The summed E-state index contributed by atoms with van der Waals surface area (Å²) in [5.41, 5.74) is 1.66. The number of rotatable bonds is 6. The highest BCUT2D eigenvalue weighted by Gasteiger charge is 2.23. The van der Waals surface area contributed by atoms with Crippen LogP contribution in [0.3, 0.4) is 0 Å². The summed E-state index contributed by atoms with van der Waals surface area (Å²) in [7, 11) is 0. The van der Waals surface area contributed by atoms with Crippen LogP contribution < -0.4 is 5.32 Å². The molecule has 24 heavy (non-hydrogen) atoms. The highest BCUT2D eigenvalue weighted by Crippen LogP contribution is 2.13. The number of hydrogen-bond donors (Lipinski definition) is 1. The van der Waals surface area contributed by atoms with E-state index in [1.54, 1.807) is 30.0 Å². The highest BCUT2D eigenvalue weighted by atomic mass is 16.5. The molecule has 0 spiro atoms. The van der Waals surface area contributed by atoms with Gasteiger partial charge >= 0.3 is 0 Å². The van der Waals surface area contributed by atoms with Crippen LogP contribution >= 0.6 is 0 Å². The molecule has 0 radical (unpaired) electrons. The molecule has 6 nitrogen and oxygen atoms in total. The molecule has 0 saturated carbocycles. The number of aryl methyl sites for hydroxylation is 2. The van der Waals surface area contributed by atoms with Crippen LogP contribution in [0, 0.1) is 13.8 Å². The fourth-order valence-electron chi connectivity index (χ4n) is 2.27. The summed E-state index contributed by atoms with van der Waals surface area (Å²) in [4.78, 5) is 26.6. The number of anilines is 1. The average molecular weight is 329 g/mol. The monoisotopic (exact) mass is 329 g/mol. The quantitative estimate of drug-likeness (QED) is 0.883. The molecule has 1 N–H and O–H groups in total. The molecule has 6 heteroatoms. The molecule has 0 bridgehead atoms. The zero-order valence-corrected chi connectivity index (χ0v) is 14.5. The Morgan fingerprint density at radius 2 is 1.92 bits per heavy atom. The Hall–Kier alpha value is -2.63. The van der Waals surface area contributed by atoms with E-state index in [2.05, 4.69) is 10.5 Å². The number of amides is 2. The molecular weight excluding hydrogens is 306 g/mol. The summed E-state index contributed by atoms with van der Waals surface area (Å²) in [6.45, 7) is 7.59. The van der Waals surface area contributed by atoms with Crippen molar-refractivity contribution < 1.29 is 14.1 Å². The van der Waals surface area contributed by atoms with E-state index in [9.17, 15) is 9.59 Å². The molecular formula is C18H23N3O3. The van der Waals surface area contributed by atoms with Crippen molar-refractivity contribution >= 4 is 17.6 Å². The summed E-state index contributed by atoms with van der Waals surface area (Å²) < 4.78 is 4.92. The minimum Gasteiger partial charge on any atom is -0.360 e. The number of nitrogens with one attached hydrogen (secondary N) is 1. The zero-order chi connectivity index (χ0) is 17.7. The first-order valence-corrected chi connectivity index (χ1v) is 8.01. The Morgan fingerprint density at radius 3 is 2.46 bits per heavy atom. The van der Waals surface area contributed by atoms with E-state index in [0.717, 1.165) is 12.0 Å². The summed E-state index contributed by atoms with van der Waals surface area (Å²) in [6, 6.07) is 8.93. The van der Waals surface area contributed by atoms with Crippen molar-refractivity contribution in [1.82, 2.24) is 10.1 Å². The molecule has 1 aromatic heterocycles. The van der Waals surface area contributed by atoms with Gasteiger partial charge in [0.25, 0.3) is 5.91 Å². The second kappa shape index (κ2) is 7.77. The van der Waals surface area contributed by atoms with Crippen LogP contribution in [-0.2, 0) is 4.79 Å². The van der Waals surface area contributed by atoms with Crippen molar-refractivity contribution in [3.63, 3.8) is 0 Å². The van der Waals surface area contributed by atoms with Crippen molar-refractivity contribution in [2.24, 2.45) is 0 Å². The Labute approximate surface area is 141 Å². The maximum absolute atomic E-state index is 12.8. The van der Waals surface area contributed by atoms with Gasteiger partial charge in [-0.2, -0.15) is 0 Å². The smallest absolute Gasteiger partial charge is 0.254 e. The molecule has 0 aliphatic heterocycles. The molecule has 2 aromatic rings. The third-order valence-electron chi connectivity index (χ3n) is 3.89. The van der Waals surface area contributed by atoms with E-state index in [-0.39, 0.29) is 24.4 Å². The normalized spacial score (nSPS) is 11.8. The van der Waals surface area contributed by atoms with Crippen LogP contribution in [0.15, 0.2) is 34.9 Å². The van der Waals surface area contributed by atoms with Gasteiger partial charge in [0, 0.05) is 17.7 Å². The van der Waals surface area contributed by atoms with Gasteiger partial charge in [0.05, 0.1) is 0 Å². The van der Waals surface area contributed by atoms with Crippen LogP contribution in [0.4, 0.5) is 5.82 Å². The van der Waals surface area contributed by atoms with E-state index < -0.39 is 0 Å². The van der Waals surface area contributed by atoms with Crippen molar-refractivity contribution in [3.05, 3.63) is 47.2 Å². The predicted octanol–water partition coefficient (Wildman–Crippen LogP) is 3.17. The highest BCUT2D eigenvalue weighted by molar-refractivity contribution is 5.99. The SMILES string of the molecule is CC[C@H](C)N(CC(=O)Nc1cc(C)on1)C(=O)c1ccc(C)cc1. The van der Waals surface area contributed by atoms with Gasteiger partial charge in [-0.1, -0.05) is 29.8 Å². The molecule has 1 heterocycles. The van der Waals surface area contributed by atoms with Crippen LogP contribution in [0.2, 0.25) is 0 Å². The van der Waals surface area contributed by atoms with Gasteiger partial charge in [0.15, 0.2) is 5.82 Å². The number of carbonyl (C=O) groups excluding carboxylic acids is 2. The first-order valence-electron chi connectivity index (χ1n) is 8.01. The number of benzene rings is 1. The number of nitrogens with zero attached hydrogens (tertiary/aromatic N) is 2. The van der Waals surface area contributed by atoms with Crippen molar-refractivity contribution in [2.75, 3.05) is 11.9 Å². The Bertz CT molecular complexity index is 707. The molecule has 1 atom stereocenters. The lowest BCUT2D eigenvalue weighted by atomic mass is 10.1. The van der Waals surface area contributed by atoms with Gasteiger partial charge < -0.3 is 14.7 Å². The van der Waals surface area contributed by atoms with Crippen LogP contribution in [0.1, 0.15) is 41.9 Å². The first-order chi connectivity index (χ1) is 11.4. The summed E-state index contributed by atoms with van der Waals surface area (Å²) >= 11 is 0. The van der Waals surface area contributed by atoms with E-state index in [4.69, 9.17) is 4.52 Å². The van der Waals surface area contributed by atoms with E-state index in [0.29, 0.717) is 17.1 Å². The molecule has 0 unspecified atom stereocenters. The number of carbonyl (C=O) groups is 2. The number of hydrogen-bond acceptors (Lipinski definition) is 4. The number of aromatic nitrogens is 1. The van der Waals surface area contributed by atoms with Crippen molar-refractivity contribution in [3.8, 4) is 0 Å². The van der Waals surface area contributed by atoms with Gasteiger partial charge in [0.2, 0.25) is 5.91 Å². The molecule has 0 aliphatic rings. The van der Waals surface area contributed by atoms with E-state index in [1.165, 1.54) is 0 Å². The molecule has 0 fully saturated rings. The Balaban J connectivity index is 2.11. The minimum absolute atomic E-state index is 0.0341. The molecule has 0 saturated heterocycles. The third kappa shape index (κ3) is 4.44. The van der Waals surface area contributed by atoms with Gasteiger partial charge in [-0.05, 0) is 39.3 Å². The Kier molecular flexibility index (Phi) is 5.73. The maximum atomic E-state index is 12.8. The van der Waals surface area contributed by atoms with Gasteiger partial charge in [-0.3, -0.25) is 9.59 Å². The van der Waals surface area contributed by atoms with Crippen molar-refractivity contribution in [1.29, 1.82) is 0 Å². The minimum atomic E-state index is -0.302. The second-order valence-corrected chi connectivity index (χ2v) is 5.93. The van der Waals surface area contributed by atoms with Crippen LogP contribution in [-0.4, -0.2) is 34.5 Å². The van der Waals surface area contributed by atoms with E-state index >= 15 is 0 Å². The molecule has 128 valence electrons. The van der Waals surface area contributed by atoms with Gasteiger partial charge in [-0.25, -0.2) is 0 Å². The lowest BCUT2D eigenvalue weighted by Crippen LogP contribution is -2.43.